The van der Waals surface area contributed by atoms with Crippen molar-refractivity contribution in [1.82, 2.24) is 10.2 Å². The Morgan fingerprint density at radius 1 is 1.06 bits per heavy atom. The van der Waals surface area contributed by atoms with Crippen LogP contribution < -0.4 is 5.32 Å². The lowest BCUT2D eigenvalue weighted by Gasteiger charge is -2.29. The molecule has 0 aromatic heterocycles. The number of nitrogens with zero attached hydrogens (tertiary/aromatic N) is 1. The van der Waals surface area contributed by atoms with Crippen molar-refractivity contribution in [3.05, 3.63) is 0 Å². The van der Waals surface area contributed by atoms with Crippen LogP contribution >= 0.6 is 0 Å². The number of likely N-dealkylation sites (tertiary alicyclic amines) is 1. The van der Waals surface area contributed by atoms with E-state index in [4.69, 9.17) is 0 Å². The third-order valence-electron chi connectivity index (χ3n) is 4.78. The van der Waals surface area contributed by atoms with Gasteiger partial charge in [0.05, 0.1) is 0 Å². The van der Waals surface area contributed by atoms with E-state index >= 15 is 0 Å². The molecule has 1 saturated heterocycles. The van der Waals surface area contributed by atoms with Crippen LogP contribution in [0.3, 0.4) is 0 Å². The molecule has 1 atom stereocenters. The third kappa shape index (κ3) is 4.89. The Labute approximate surface area is 114 Å². The molecule has 106 valence electrons. The van der Waals surface area contributed by atoms with Crippen molar-refractivity contribution in [2.24, 2.45) is 17.3 Å². The highest BCUT2D eigenvalue weighted by Crippen LogP contribution is 2.34. The van der Waals surface area contributed by atoms with Crippen LogP contribution in [0.2, 0.25) is 0 Å². The van der Waals surface area contributed by atoms with Gasteiger partial charge in [-0.2, -0.15) is 0 Å². The molecule has 1 heterocycles. The highest BCUT2D eigenvalue weighted by molar-refractivity contribution is 4.79. The molecular weight excluding hydrogens is 220 g/mol. The molecule has 0 radical (unpaired) electrons. The number of hydrogen-bond donors (Lipinski definition) is 1. The Morgan fingerprint density at radius 3 is 2.50 bits per heavy atom. The highest BCUT2D eigenvalue weighted by Gasteiger charge is 2.26. The first kappa shape index (κ1) is 14.3. The summed E-state index contributed by atoms with van der Waals surface area (Å²) in [5.41, 5.74) is 0.500. The van der Waals surface area contributed by atoms with E-state index in [2.05, 4.69) is 31.0 Å². The molecule has 2 nitrogen and oxygen atoms in total. The third-order valence-corrected chi connectivity index (χ3v) is 4.78. The van der Waals surface area contributed by atoms with Gasteiger partial charge in [0.15, 0.2) is 0 Å². The van der Waals surface area contributed by atoms with Gasteiger partial charge in [-0.05, 0) is 69.0 Å². The second-order valence-corrected chi connectivity index (χ2v) is 7.48. The van der Waals surface area contributed by atoms with Crippen LogP contribution in [0.4, 0.5) is 0 Å². The minimum absolute atomic E-state index is 0.500. The molecule has 2 rings (SSSR count). The second-order valence-electron chi connectivity index (χ2n) is 7.48. The van der Waals surface area contributed by atoms with Gasteiger partial charge in [0.2, 0.25) is 0 Å². The molecule has 2 aliphatic rings. The first-order chi connectivity index (χ1) is 8.55. The maximum absolute atomic E-state index is 3.61. The second kappa shape index (κ2) is 6.38. The topological polar surface area (TPSA) is 15.3 Å². The van der Waals surface area contributed by atoms with E-state index in [1.807, 2.05) is 0 Å². The summed E-state index contributed by atoms with van der Waals surface area (Å²) in [6.07, 6.45) is 7.14. The van der Waals surface area contributed by atoms with Crippen LogP contribution in [-0.2, 0) is 0 Å². The molecule has 2 heteroatoms. The molecule has 1 aliphatic heterocycles. The largest absolute Gasteiger partial charge is 0.315 e. The van der Waals surface area contributed by atoms with E-state index in [0.29, 0.717) is 5.41 Å². The van der Waals surface area contributed by atoms with Gasteiger partial charge in [-0.15, -0.1) is 0 Å². The molecule has 0 aromatic rings. The maximum atomic E-state index is 3.61. The normalized spacial score (nSPS) is 27.2. The van der Waals surface area contributed by atoms with E-state index in [9.17, 15) is 0 Å². The lowest BCUT2D eigenvalue weighted by molar-refractivity contribution is 0.208. The van der Waals surface area contributed by atoms with Crippen LogP contribution in [0, 0.1) is 17.3 Å². The Morgan fingerprint density at radius 2 is 1.83 bits per heavy atom. The Kier molecular flexibility index (Phi) is 5.08. The van der Waals surface area contributed by atoms with E-state index in [1.165, 1.54) is 64.8 Å². The molecule has 1 unspecified atom stereocenters. The van der Waals surface area contributed by atoms with Crippen molar-refractivity contribution >= 4 is 0 Å². The average Bonchev–Trinajstić information content (AvgIpc) is 3.10. The Bertz CT molecular complexity index is 240. The van der Waals surface area contributed by atoms with Gasteiger partial charge >= 0.3 is 0 Å². The van der Waals surface area contributed by atoms with Crippen molar-refractivity contribution in [2.45, 2.75) is 52.9 Å². The molecule has 1 aliphatic carbocycles. The van der Waals surface area contributed by atoms with Crippen molar-refractivity contribution in [3.63, 3.8) is 0 Å². The standard InChI is InChI=1S/C16H32N2/c1-16(2,3)15-5-4-10-18(11-8-15)12-9-17-13-14-6-7-14/h14-15,17H,4-13H2,1-3H3. The lowest BCUT2D eigenvalue weighted by atomic mass is 9.77. The molecule has 18 heavy (non-hydrogen) atoms. The minimum atomic E-state index is 0.500. The molecule has 1 saturated carbocycles. The summed E-state index contributed by atoms with van der Waals surface area (Å²) in [6.45, 7) is 13.6. The summed E-state index contributed by atoms with van der Waals surface area (Å²) in [4.78, 5) is 2.67. The molecular formula is C16H32N2. The maximum Gasteiger partial charge on any atom is 0.0107 e. The van der Waals surface area contributed by atoms with Gasteiger partial charge in [-0.25, -0.2) is 0 Å². The van der Waals surface area contributed by atoms with Crippen LogP contribution in [0.25, 0.3) is 0 Å². The Balaban J connectivity index is 1.61. The molecule has 1 N–H and O–H groups in total. The molecule has 0 amide bonds. The fraction of sp³-hybridized carbons (Fsp3) is 1.00. The fourth-order valence-corrected chi connectivity index (χ4v) is 3.11. The predicted octanol–water partition coefficient (Wildman–Crippen LogP) is 3.13. The number of nitrogens with one attached hydrogen (secondary N) is 1. The quantitative estimate of drug-likeness (QED) is 0.756. The van der Waals surface area contributed by atoms with E-state index in [0.717, 1.165) is 11.8 Å². The van der Waals surface area contributed by atoms with Crippen LogP contribution in [0.1, 0.15) is 52.9 Å². The Hall–Kier alpha value is -0.0800. The van der Waals surface area contributed by atoms with Crippen molar-refractivity contribution < 1.29 is 0 Å². The summed E-state index contributed by atoms with van der Waals surface area (Å²) in [5.74, 6) is 1.93. The van der Waals surface area contributed by atoms with Gasteiger partial charge in [-0.3, -0.25) is 0 Å². The molecule has 0 aromatic carbocycles. The SMILES string of the molecule is CC(C)(C)C1CCCN(CCNCC2CC2)CC1. The minimum Gasteiger partial charge on any atom is -0.315 e. The van der Waals surface area contributed by atoms with Gasteiger partial charge in [0.25, 0.3) is 0 Å². The predicted molar refractivity (Wildman–Crippen MR) is 78.8 cm³/mol. The number of rotatable bonds is 5. The summed E-state index contributed by atoms with van der Waals surface area (Å²) >= 11 is 0. The lowest BCUT2D eigenvalue weighted by Crippen LogP contribution is -2.34. The molecule has 2 fully saturated rings. The van der Waals surface area contributed by atoms with Gasteiger partial charge in [0, 0.05) is 13.1 Å². The van der Waals surface area contributed by atoms with E-state index in [-0.39, 0.29) is 0 Å². The fourth-order valence-electron chi connectivity index (χ4n) is 3.11. The van der Waals surface area contributed by atoms with Crippen molar-refractivity contribution in [2.75, 3.05) is 32.7 Å². The first-order valence-corrected chi connectivity index (χ1v) is 7.99. The number of hydrogen-bond acceptors (Lipinski definition) is 2. The summed E-state index contributed by atoms with van der Waals surface area (Å²) in [5, 5.41) is 3.61. The summed E-state index contributed by atoms with van der Waals surface area (Å²) in [7, 11) is 0. The monoisotopic (exact) mass is 252 g/mol. The highest BCUT2D eigenvalue weighted by atomic mass is 15.1. The average molecular weight is 252 g/mol. The van der Waals surface area contributed by atoms with E-state index in [1.54, 1.807) is 0 Å². The zero-order valence-corrected chi connectivity index (χ0v) is 12.7. The zero-order valence-electron chi connectivity index (χ0n) is 12.7. The van der Waals surface area contributed by atoms with Crippen LogP contribution in [-0.4, -0.2) is 37.6 Å². The first-order valence-electron chi connectivity index (χ1n) is 7.99. The van der Waals surface area contributed by atoms with Crippen LogP contribution in [0.15, 0.2) is 0 Å². The van der Waals surface area contributed by atoms with Gasteiger partial charge in [-0.1, -0.05) is 20.8 Å². The molecule has 0 bridgehead atoms. The van der Waals surface area contributed by atoms with Gasteiger partial charge in [0.1, 0.15) is 0 Å². The zero-order chi connectivity index (χ0) is 13.0. The van der Waals surface area contributed by atoms with Gasteiger partial charge < -0.3 is 10.2 Å². The van der Waals surface area contributed by atoms with Crippen LogP contribution in [0.5, 0.6) is 0 Å². The van der Waals surface area contributed by atoms with Crippen molar-refractivity contribution in [3.8, 4) is 0 Å². The molecule has 0 spiro atoms. The van der Waals surface area contributed by atoms with E-state index < -0.39 is 0 Å². The van der Waals surface area contributed by atoms with Crippen molar-refractivity contribution in [1.29, 1.82) is 0 Å². The smallest absolute Gasteiger partial charge is 0.0107 e. The summed E-state index contributed by atoms with van der Waals surface area (Å²) in [6, 6.07) is 0. The summed E-state index contributed by atoms with van der Waals surface area (Å²) < 4.78 is 0.